The summed E-state index contributed by atoms with van der Waals surface area (Å²) in [6.45, 7) is 9.75. The van der Waals surface area contributed by atoms with E-state index in [1.807, 2.05) is 19.9 Å². The molecule has 0 aromatic carbocycles. The van der Waals surface area contributed by atoms with E-state index in [0.29, 0.717) is 0 Å². The molecule has 0 atom stereocenters. The van der Waals surface area contributed by atoms with Crippen molar-refractivity contribution in [2.24, 2.45) is 0 Å². The summed E-state index contributed by atoms with van der Waals surface area (Å²) in [4.78, 5) is 2.60. The smallest absolute Gasteiger partial charge is 0.0267 e. The van der Waals surface area contributed by atoms with E-state index in [-0.39, 0.29) is 0 Å². The molecule has 0 unspecified atom stereocenters. The van der Waals surface area contributed by atoms with Gasteiger partial charge in [-0.2, -0.15) is 0 Å². The highest BCUT2D eigenvalue weighted by atomic mass is 32.1. The summed E-state index contributed by atoms with van der Waals surface area (Å²) in [7, 11) is 0. The van der Waals surface area contributed by atoms with Crippen molar-refractivity contribution in [3.8, 4) is 0 Å². The van der Waals surface area contributed by atoms with Crippen LogP contribution >= 0.6 is 11.3 Å². The van der Waals surface area contributed by atoms with E-state index in [1.54, 1.807) is 11.3 Å². The quantitative estimate of drug-likeness (QED) is 0.578. The van der Waals surface area contributed by atoms with Crippen LogP contribution in [0.3, 0.4) is 0 Å². The molecule has 0 spiro atoms. The van der Waals surface area contributed by atoms with Gasteiger partial charge in [-0.3, -0.25) is 0 Å². The molecule has 0 bridgehead atoms. The largest absolute Gasteiger partial charge is 0.141 e. The van der Waals surface area contributed by atoms with Gasteiger partial charge in [0.15, 0.2) is 0 Å². The highest BCUT2D eigenvalue weighted by molar-refractivity contribution is 7.12. The lowest BCUT2D eigenvalue weighted by molar-refractivity contribution is 1.50. The molecule has 0 fully saturated rings. The second-order valence-corrected chi connectivity index (χ2v) is 2.97. The average Bonchev–Trinajstić information content (AvgIpc) is 2.40. The van der Waals surface area contributed by atoms with Crippen LogP contribution in [-0.4, -0.2) is 0 Å². The van der Waals surface area contributed by atoms with Crippen LogP contribution in [-0.2, 0) is 0 Å². The van der Waals surface area contributed by atoms with Gasteiger partial charge in [0.2, 0.25) is 0 Å². The maximum absolute atomic E-state index is 3.65. The lowest BCUT2D eigenvalue weighted by Crippen LogP contribution is -1.46. The summed E-state index contributed by atoms with van der Waals surface area (Å²) in [5.41, 5.74) is 0. The van der Waals surface area contributed by atoms with Crippen LogP contribution in [0.4, 0.5) is 0 Å². The molecule has 0 aliphatic rings. The third-order valence-corrected chi connectivity index (χ3v) is 1.96. The van der Waals surface area contributed by atoms with E-state index in [9.17, 15) is 0 Å². The number of aryl methyl sites for hydroxylation is 1. The molecule has 1 heteroatoms. The van der Waals surface area contributed by atoms with Crippen LogP contribution in [0.5, 0.6) is 0 Å². The zero-order valence-corrected chi connectivity index (χ0v) is 7.66. The second-order valence-electron chi connectivity index (χ2n) is 1.65. The van der Waals surface area contributed by atoms with Gasteiger partial charge in [-0.1, -0.05) is 26.5 Å². The van der Waals surface area contributed by atoms with Crippen molar-refractivity contribution in [2.45, 2.75) is 20.8 Å². The summed E-state index contributed by atoms with van der Waals surface area (Å²) in [5, 5.41) is 0. The van der Waals surface area contributed by atoms with Gasteiger partial charge in [-0.05, 0) is 19.1 Å². The fourth-order valence-corrected chi connectivity index (χ4v) is 1.29. The predicted molar refractivity (Wildman–Crippen MR) is 50.5 cm³/mol. The first-order chi connectivity index (χ1) is 4.83. The van der Waals surface area contributed by atoms with E-state index in [1.165, 1.54) is 9.75 Å². The molecule has 1 aromatic rings. The normalized spacial score (nSPS) is 7.90. The number of rotatable bonds is 1. The van der Waals surface area contributed by atoms with Gasteiger partial charge in [-0.25, -0.2) is 0 Å². The van der Waals surface area contributed by atoms with Gasteiger partial charge in [-0.15, -0.1) is 11.3 Å². The van der Waals surface area contributed by atoms with Crippen LogP contribution in [0.2, 0.25) is 0 Å². The molecular formula is C9H14S. The molecule has 0 aliphatic carbocycles. The lowest BCUT2D eigenvalue weighted by Gasteiger charge is -1.74. The Morgan fingerprint density at radius 3 is 2.20 bits per heavy atom. The maximum Gasteiger partial charge on any atom is 0.0267 e. The first-order valence-electron chi connectivity index (χ1n) is 3.52. The Morgan fingerprint density at radius 1 is 1.40 bits per heavy atom. The molecule has 1 heterocycles. The summed E-state index contributed by atoms with van der Waals surface area (Å²) in [5.74, 6) is 0. The molecule has 1 aromatic heterocycles. The number of thiophene rings is 1. The number of hydrogen-bond acceptors (Lipinski definition) is 1. The molecule has 0 N–H and O–H groups in total. The fourth-order valence-electron chi connectivity index (χ4n) is 0.563. The molecule has 0 radical (unpaired) electrons. The van der Waals surface area contributed by atoms with Crippen LogP contribution in [0.15, 0.2) is 18.7 Å². The van der Waals surface area contributed by atoms with Gasteiger partial charge < -0.3 is 0 Å². The van der Waals surface area contributed by atoms with Crippen LogP contribution in [0.25, 0.3) is 6.08 Å². The Hall–Kier alpha value is -0.560. The molecule has 0 amide bonds. The Bertz CT molecular complexity index is 186. The third-order valence-electron chi connectivity index (χ3n) is 0.962. The zero-order valence-electron chi connectivity index (χ0n) is 6.85. The molecule has 0 aliphatic heterocycles. The van der Waals surface area contributed by atoms with Crippen molar-refractivity contribution < 1.29 is 0 Å². The first-order valence-corrected chi connectivity index (χ1v) is 4.33. The highest BCUT2D eigenvalue weighted by Crippen LogP contribution is 2.14. The van der Waals surface area contributed by atoms with Crippen molar-refractivity contribution in [3.05, 3.63) is 28.5 Å². The molecule has 0 saturated carbocycles. The standard InChI is InChI=1S/C7H8S.C2H6/c1-3-7-5-4-6(2)8-7;1-2/h3-5H,1H2,2H3;1-2H3. The zero-order chi connectivity index (χ0) is 7.98. The van der Waals surface area contributed by atoms with Gasteiger partial charge in [0, 0.05) is 9.75 Å². The summed E-state index contributed by atoms with van der Waals surface area (Å²) in [6.07, 6.45) is 1.87. The minimum atomic E-state index is 1.25. The van der Waals surface area contributed by atoms with E-state index in [4.69, 9.17) is 0 Å². The molecule has 1 rings (SSSR count). The van der Waals surface area contributed by atoms with Crippen molar-refractivity contribution >= 4 is 17.4 Å². The van der Waals surface area contributed by atoms with Crippen molar-refractivity contribution in [1.29, 1.82) is 0 Å². The Kier molecular flexibility index (Phi) is 4.95. The van der Waals surface area contributed by atoms with Gasteiger partial charge in [0.05, 0.1) is 0 Å². The second kappa shape index (κ2) is 5.24. The Labute approximate surface area is 67.2 Å². The van der Waals surface area contributed by atoms with E-state index in [2.05, 4.69) is 25.6 Å². The van der Waals surface area contributed by atoms with Crippen molar-refractivity contribution in [3.63, 3.8) is 0 Å². The van der Waals surface area contributed by atoms with Gasteiger partial charge in [0.1, 0.15) is 0 Å². The minimum Gasteiger partial charge on any atom is -0.141 e. The molecular weight excluding hydrogens is 140 g/mol. The summed E-state index contributed by atoms with van der Waals surface area (Å²) in [6, 6.07) is 4.18. The lowest BCUT2D eigenvalue weighted by atomic mass is 10.4. The number of hydrogen-bond donors (Lipinski definition) is 0. The van der Waals surface area contributed by atoms with Crippen LogP contribution in [0, 0.1) is 6.92 Å². The van der Waals surface area contributed by atoms with Crippen LogP contribution < -0.4 is 0 Å². The summed E-state index contributed by atoms with van der Waals surface area (Å²) >= 11 is 1.77. The molecule has 0 saturated heterocycles. The fraction of sp³-hybridized carbons (Fsp3) is 0.333. The topological polar surface area (TPSA) is 0 Å². The van der Waals surface area contributed by atoms with Gasteiger partial charge in [0.25, 0.3) is 0 Å². The van der Waals surface area contributed by atoms with Crippen molar-refractivity contribution in [1.82, 2.24) is 0 Å². The summed E-state index contributed by atoms with van der Waals surface area (Å²) < 4.78 is 0. The van der Waals surface area contributed by atoms with Crippen LogP contribution in [0.1, 0.15) is 23.6 Å². The molecule has 56 valence electrons. The minimum absolute atomic E-state index is 1.25. The van der Waals surface area contributed by atoms with E-state index >= 15 is 0 Å². The molecule has 0 nitrogen and oxygen atoms in total. The third kappa shape index (κ3) is 2.83. The molecule has 10 heavy (non-hydrogen) atoms. The maximum atomic E-state index is 3.65. The van der Waals surface area contributed by atoms with E-state index in [0.717, 1.165) is 0 Å². The SMILES string of the molecule is C=Cc1ccc(C)s1.CC. The average molecular weight is 154 g/mol. The Morgan fingerprint density at radius 2 is 2.00 bits per heavy atom. The Balaban J connectivity index is 0.000000371. The van der Waals surface area contributed by atoms with E-state index < -0.39 is 0 Å². The monoisotopic (exact) mass is 154 g/mol. The van der Waals surface area contributed by atoms with Crippen molar-refractivity contribution in [2.75, 3.05) is 0 Å². The van der Waals surface area contributed by atoms with Gasteiger partial charge >= 0.3 is 0 Å². The predicted octanol–water partition coefficient (Wildman–Crippen LogP) is 3.73. The highest BCUT2D eigenvalue weighted by Gasteiger charge is 1.86. The first kappa shape index (κ1) is 9.44.